The van der Waals surface area contributed by atoms with E-state index in [0.717, 1.165) is 27.6 Å². The molecular formula is C24H16ClN7. The molecule has 0 atom stereocenters. The molecule has 0 saturated carbocycles. The van der Waals surface area contributed by atoms with E-state index in [0.29, 0.717) is 28.8 Å². The summed E-state index contributed by atoms with van der Waals surface area (Å²) in [4.78, 5) is 13.6. The predicted octanol–water partition coefficient (Wildman–Crippen LogP) is 5.22. The van der Waals surface area contributed by atoms with Gasteiger partial charge in [0.2, 0.25) is 0 Å². The second kappa shape index (κ2) is 8.46. The van der Waals surface area contributed by atoms with Gasteiger partial charge in [-0.15, -0.1) is 0 Å². The van der Waals surface area contributed by atoms with Crippen molar-refractivity contribution in [1.29, 1.82) is 5.26 Å². The number of aromatic nitrogens is 5. The van der Waals surface area contributed by atoms with E-state index in [1.54, 1.807) is 18.6 Å². The average Bonchev–Trinajstić information content (AvgIpc) is 3.33. The number of nitrogens with one attached hydrogen (secondary N) is 2. The van der Waals surface area contributed by atoms with Crippen LogP contribution in [0, 0.1) is 11.3 Å². The number of H-pyrrole nitrogens is 1. The number of hydrogen-bond donors (Lipinski definition) is 2. The molecule has 8 heteroatoms. The summed E-state index contributed by atoms with van der Waals surface area (Å²) in [6, 6.07) is 19.5. The first-order chi connectivity index (χ1) is 15.7. The quantitative estimate of drug-likeness (QED) is 0.390. The Kier molecular flexibility index (Phi) is 5.20. The monoisotopic (exact) mass is 437 g/mol. The highest BCUT2D eigenvalue weighted by Crippen LogP contribution is 2.35. The van der Waals surface area contributed by atoms with Crippen LogP contribution >= 0.6 is 11.6 Å². The number of benzene rings is 2. The lowest BCUT2D eigenvalue weighted by Crippen LogP contribution is -2.07. The molecule has 3 heterocycles. The second-order valence-corrected chi connectivity index (χ2v) is 7.51. The molecule has 154 valence electrons. The predicted molar refractivity (Wildman–Crippen MR) is 124 cm³/mol. The standard InChI is InChI=1S/C24H16ClN7/c25-19-10-17(9-18-14-29-32-21(18)19)23-22(16-6-2-1-3-7-16)31-24(20(11-26)30-23)28-13-15-5-4-8-27-12-15/h1-10,12,14H,13H2,(H,28,31)(H,29,32). The van der Waals surface area contributed by atoms with Gasteiger partial charge in [-0.2, -0.15) is 10.4 Å². The molecule has 0 saturated heterocycles. The van der Waals surface area contributed by atoms with E-state index in [9.17, 15) is 5.26 Å². The summed E-state index contributed by atoms with van der Waals surface area (Å²) >= 11 is 6.47. The van der Waals surface area contributed by atoms with Gasteiger partial charge in [-0.3, -0.25) is 10.1 Å². The van der Waals surface area contributed by atoms with Crippen molar-refractivity contribution >= 4 is 28.3 Å². The number of pyridine rings is 1. The molecule has 32 heavy (non-hydrogen) atoms. The van der Waals surface area contributed by atoms with Gasteiger partial charge in [0.25, 0.3) is 0 Å². The summed E-state index contributed by atoms with van der Waals surface area (Å²) in [5.41, 5.74) is 4.78. The number of anilines is 1. The lowest BCUT2D eigenvalue weighted by atomic mass is 10.0. The summed E-state index contributed by atoms with van der Waals surface area (Å²) in [5.74, 6) is 0.412. The summed E-state index contributed by atoms with van der Waals surface area (Å²) in [7, 11) is 0. The van der Waals surface area contributed by atoms with E-state index in [4.69, 9.17) is 21.6 Å². The number of halogens is 1. The lowest BCUT2D eigenvalue weighted by Gasteiger charge is -2.14. The molecule has 7 nitrogen and oxygen atoms in total. The Balaban J connectivity index is 1.66. The number of fused-ring (bicyclic) bond motifs is 1. The van der Waals surface area contributed by atoms with Crippen LogP contribution in [0.5, 0.6) is 0 Å². The van der Waals surface area contributed by atoms with Gasteiger partial charge in [0, 0.05) is 35.5 Å². The summed E-state index contributed by atoms with van der Waals surface area (Å²) in [6.45, 7) is 0.470. The van der Waals surface area contributed by atoms with E-state index in [1.165, 1.54) is 0 Å². The molecule has 0 aliphatic rings. The molecule has 2 N–H and O–H groups in total. The van der Waals surface area contributed by atoms with Gasteiger partial charge in [0.15, 0.2) is 11.5 Å². The normalized spacial score (nSPS) is 10.8. The molecule has 0 amide bonds. The van der Waals surface area contributed by atoms with Crippen molar-refractivity contribution < 1.29 is 0 Å². The van der Waals surface area contributed by atoms with E-state index in [-0.39, 0.29) is 5.69 Å². The van der Waals surface area contributed by atoms with Gasteiger partial charge in [-0.1, -0.05) is 48.0 Å². The molecule has 2 aromatic carbocycles. The van der Waals surface area contributed by atoms with E-state index < -0.39 is 0 Å². The largest absolute Gasteiger partial charge is 0.364 e. The molecule has 5 rings (SSSR count). The SMILES string of the molecule is N#Cc1nc(-c2cc(Cl)c3[nH]ncc3c2)c(-c2ccccc2)nc1NCc1cccnc1. The molecule has 5 aromatic rings. The van der Waals surface area contributed by atoms with Crippen LogP contribution in [0.2, 0.25) is 5.02 Å². The van der Waals surface area contributed by atoms with E-state index in [2.05, 4.69) is 26.6 Å². The van der Waals surface area contributed by atoms with Crippen LogP contribution < -0.4 is 5.32 Å². The zero-order valence-electron chi connectivity index (χ0n) is 16.7. The Labute approximate surface area is 188 Å². The highest BCUT2D eigenvalue weighted by Gasteiger charge is 2.18. The maximum Gasteiger partial charge on any atom is 0.183 e. The first kappa shape index (κ1) is 19.7. The van der Waals surface area contributed by atoms with Gasteiger partial charge in [-0.25, -0.2) is 9.97 Å². The molecule has 0 radical (unpaired) electrons. The van der Waals surface area contributed by atoms with Crippen molar-refractivity contribution in [1.82, 2.24) is 25.1 Å². The first-order valence-electron chi connectivity index (χ1n) is 9.86. The van der Waals surface area contributed by atoms with Crippen LogP contribution in [0.15, 0.2) is 73.2 Å². The molecule has 0 aliphatic carbocycles. The maximum absolute atomic E-state index is 9.80. The minimum atomic E-state index is 0.201. The van der Waals surface area contributed by atoms with Gasteiger partial charge >= 0.3 is 0 Å². The number of nitrogens with zero attached hydrogens (tertiary/aromatic N) is 5. The van der Waals surface area contributed by atoms with Gasteiger partial charge in [0.1, 0.15) is 6.07 Å². The smallest absolute Gasteiger partial charge is 0.183 e. The van der Waals surface area contributed by atoms with Crippen molar-refractivity contribution in [3.63, 3.8) is 0 Å². The highest BCUT2D eigenvalue weighted by molar-refractivity contribution is 6.35. The molecule has 0 unspecified atom stereocenters. The minimum Gasteiger partial charge on any atom is -0.364 e. The zero-order chi connectivity index (χ0) is 21.9. The van der Waals surface area contributed by atoms with Crippen molar-refractivity contribution in [3.05, 3.63) is 89.5 Å². The van der Waals surface area contributed by atoms with Gasteiger partial charge in [-0.05, 0) is 23.8 Å². The van der Waals surface area contributed by atoms with Crippen LogP contribution in [-0.4, -0.2) is 25.1 Å². The zero-order valence-corrected chi connectivity index (χ0v) is 17.5. The van der Waals surface area contributed by atoms with E-state index in [1.807, 2.05) is 54.6 Å². The van der Waals surface area contributed by atoms with Gasteiger partial charge in [0.05, 0.1) is 28.1 Å². The number of rotatable bonds is 5. The molecule has 0 spiro atoms. The lowest BCUT2D eigenvalue weighted by molar-refractivity contribution is 1.06. The Morgan fingerprint density at radius 3 is 2.59 bits per heavy atom. The molecular weight excluding hydrogens is 422 g/mol. The van der Waals surface area contributed by atoms with Crippen molar-refractivity contribution in [2.45, 2.75) is 6.54 Å². The van der Waals surface area contributed by atoms with Gasteiger partial charge < -0.3 is 5.32 Å². The maximum atomic E-state index is 9.80. The number of aromatic amines is 1. The summed E-state index contributed by atoms with van der Waals surface area (Å²) in [5, 5.41) is 21.4. The molecule has 3 aromatic heterocycles. The number of nitriles is 1. The molecule has 0 aliphatic heterocycles. The summed E-state index contributed by atoms with van der Waals surface area (Å²) < 4.78 is 0. The highest BCUT2D eigenvalue weighted by atomic mass is 35.5. The summed E-state index contributed by atoms with van der Waals surface area (Å²) in [6.07, 6.45) is 5.19. The Bertz CT molecular complexity index is 1440. The van der Waals surface area contributed by atoms with Crippen LogP contribution in [0.1, 0.15) is 11.3 Å². The van der Waals surface area contributed by atoms with Crippen molar-refractivity contribution in [2.24, 2.45) is 0 Å². The fraction of sp³-hybridized carbons (Fsp3) is 0.0417. The van der Waals surface area contributed by atoms with Crippen LogP contribution in [-0.2, 0) is 6.54 Å². The fourth-order valence-electron chi connectivity index (χ4n) is 3.47. The first-order valence-corrected chi connectivity index (χ1v) is 10.2. The van der Waals surface area contributed by atoms with Crippen LogP contribution in [0.3, 0.4) is 0 Å². The Morgan fingerprint density at radius 2 is 1.81 bits per heavy atom. The Morgan fingerprint density at radius 1 is 0.969 bits per heavy atom. The second-order valence-electron chi connectivity index (χ2n) is 7.10. The van der Waals surface area contributed by atoms with Crippen molar-refractivity contribution in [3.8, 4) is 28.6 Å². The third kappa shape index (κ3) is 3.75. The number of hydrogen-bond acceptors (Lipinski definition) is 6. The van der Waals surface area contributed by atoms with Crippen LogP contribution in [0.4, 0.5) is 5.82 Å². The Hall–Kier alpha value is -4.28. The molecule has 0 bridgehead atoms. The van der Waals surface area contributed by atoms with Crippen LogP contribution in [0.25, 0.3) is 33.4 Å². The fourth-order valence-corrected chi connectivity index (χ4v) is 3.74. The topological polar surface area (TPSA) is 103 Å². The third-order valence-electron chi connectivity index (χ3n) is 5.01. The van der Waals surface area contributed by atoms with E-state index >= 15 is 0 Å². The minimum absolute atomic E-state index is 0.201. The van der Waals surface area contributed by atoms with Crippen molar-refractivity contribution in [2.75, 3.05) is 5.32 Å². The average molecular weight is 438 g/mol. The third-order valence-corrected chi connectivity index (χ3v) is 5.30. The molecule has 0 fully saturated rings.